The second kappa shape index (κ2) is 7.94. The average molecular weight is 366 g/mol. The molecule has 0 radical (unpaired) electrons. The van der Waals surface area contributed by atoms with Gasteiger partial charge in [-0.05, 0) is 45.0 Å². The molecule has 140 valence electrons. The minimum absolute atomic E-state index is 0.312. The van der Waals surface area contributed by atoms with E-state index in [-0.39, 0.29) is 0 Å². The quantitative estimate of drug-likeness (QED) is 0.480. The predicted molar refractivity (Wildman–Crippen MR) is 104 cm³/mol. The number of anilines is 1. The summed E-state index contributed by atoms with van der Waals surface area (Å²) in [5.74, 6) is 0.544. The Morgan fingerprint density at radius 3 is 3.00 bits per heavy atom. The zero-order valence-electron chi connectivity index (χ0n) is 15.7. The van der Waals surface area contributed by atoms with Crippen LogP contribution in [0, 0.1) is 0 Å². The Morgan fingerprint density at radius 2 is 2.30 bits per heavy atom. The number of esters is 1. The van der Waals surface area contributed by atoms with Gasteiger partial charge in [-0.3, -0.25) is 4.68 Å². The molecule has 0 atom stereocenters. The van der Waals surface area contributed by atoms with Crippen molar-refractivity contribution in [1.82, 2.24) is 19.7 Å². The van der Waals surface area contributed by atoms with Crippen molar-refractivity contribution in [3.63, 3.8) is 0 Å². The fourth-order valence-corrected chi connectivity index (χ4v) is 3.01. The van der Waals surface area contributed by atoms with E-state index in [0.717, 1.165) is 28.9 Å². The number of allylic oxidation sites excluding steroid dienone is 3. The maximum absolute atomic E-state index is 12.2. The molecule has 8 nitrogen and oxygen atoms in total. The second-order valence-corrected chi connectivity index (χ2v) is 5.95. The first kappa shape index (κ1) is 18.5. The molecule has 3 rings (SSSR count). The minimum Gasteiger partial charge on any atom is -0.461 e. The van der Waals surface area contributed by atoms with Crippen molar-refractivity contribution in [2.75, 3.05) is 11.9 Å². The van der Waals surface area contributed by atoms with E-state index in [1.54, 1.807) is 30.9 Å². The van der Waals surface area contributed by atoms with Gasteiger partial charge >= 0.3 is 5.97 Å². The number of aliphatic imine (C=N–C) groups is 1. The summed E-state index contributed by atoms with van der Waals surface area (Å²) in [6.07, 6.45) is 8.74. The molecule has 2 aromatic rings. The summed E-state index contributed by atoms with van der Waals surface area (Å²) in [5, 5.41) is 7.42. The smallest absolute Gasteiger partial charge is 0.359 e. The normalized spacial score (nSPS) is 13.2. The highest BCUT2D eigenvalue weighted by molar-refractivity contribution is 5.91. The van der Waals surface area contributed by atoms with Crippen LogP contribution < -0.4 is 5.32 Å². The van der Waals surface area contributed by atoms with E-state index in [2.05, 4.69) is 32.1 Å². The fourth-order valence-electron chi connectivity index (χ4n) is 3.01. The van der Waals surface area contributed by atoms with E-state index < -0.39 is 5.97 Å². The third-order valence-corrected chi connectivity index (χ3v) is 4.20. The molecule has 0 aliphatic heterocycles. The highest BCUT2D eigenvalue weighted by atomic mass is 16.5. The van der Waals surface area contributed by atoms with Crippen molar-refractivity contribution in [1.29, 1.82) is 0 Å². The monoisotopic (exact) mass is 366 g/mol. The Hall–Kier alpha value is -3.29. The SMILES string of the molecule is C=N/C(=C\C=C/C)Nc1ncc2c(n1)-c1c(c(C(=O)OCC)nn1C)CC2. The Balaban J connectivity index is 2.01. The molecule has 0 unspecified atom stereocenters. The van der Waals surface area contributed by atoms with E-state index in [1.807, 2.05) is 19.1 Å². The van der Waals surface area contributed by atoms with Gasteiger partial charge in [-0.25, -0.2) is 19.8 Å². The maximum Gasteiger partial charge on any atom is 0.359 e. The van der Waals surface area contributed by atoms with Crippen LogP contribution in [0.15, 0.2) is 35.2 Å². The van der Waals surface area contributed by atoms with Crippen LogP contribution in [0.3, 0.4) is 0 Å². The standard InChI is InChI=1S/C19H22N6O2/c1-5-7-8-14(20-3)22-19-21-11-12-9-10-13-16(18(26)27-6-2)24-25(4)17(13)15(12)23-19/h5,7-8,11H,3,6,9-10H2,1-2,4H3,(H,21,22,23)/b7-5-,14-8+. The molecule has 0 bridgehead atoms. The first-order valence-electron chi connectivity index (χ1n) is 8.75. The zero-order chi connectivity index (χ0) is 19.4. The van der Waals surface area contributed by atoms with Gasteiger partial charge in [0.1, 0.15) is 5.82 Å². The highest BCUT2D eigenvalue weighted by Crippen LogP contribution is 2.34. The number of aryl methyl sites for hydroxylation is 2. The van der Waals surface area contributed by atoms with Gasteiger partial charge in [0.15, 0.2) is 5.69 Å². The van der Waals surface area contributed by atoms with Gasteiger partial charge in [0.2, 0.25) is 5.95 Å². The molecule has 0 fully saturated rings. The summed E-state index contributed by atoms with van der Waals surface area (Å²) in [6.45, 7) is 7.56. The summed E-state index contributed by atoms with van der Waals surface area (Å²) in [4.78, 5) is 25.2. The largest absolute Gasteiger partial charge is 0.461 e. The van der Waals surface area contributed by atoms with Crippen LogP contribution in [0.5, 0.6) is 0 Å². The third kappa shape index (κ3) is 3.64. The maximum atomic E-state index is 12.2. The molecule has 2 heterocycles. The minimum atomic E-state index is -0.405. The van der Waals surface area contributed by atoms with Gasteiger partial charge in [0.05, 0.1) is 18.0 Å². The lowest BCUT2D eigenvalue weighted by atomic mass is 9.93. The molecular weight excluding hydrogens is 344 g/mol. The number of hydrogen-bond donors (Lipinski definition) is 1. The van der Waals surface area contributed by atoms with E-state index in [9.17, 15) is 4.79 Å². The lowest BCUT2D eigenvalue weighted by Crippen LogP contribution is -2.13. The summed E-state index contributed by atoms with van der Waals surface area (Å²) in [6, 6.07) is 0. The third-order valence-electron chi connectivity index (χ3n) is 4.20. The first-order chi connectivity index (χ1) is 13.1. The van der Waals surface area contributed by atoms with Crippen molar-refractivity contribution in [3.05, 3.63) is 47.1 Å². The average Bonchev–Trinajstić information content (AvgIpc) is 3.02. The topological polar surface area (TPSA) is 94.3 Å². The lowest BCUT2D eigenvalue weighted by molar-refractivity contribution is 0.0517. The van der Waals surface area contributed by atoms with Crippen LogP contribution in [0.25, 0.3) is 11.4 Å². The summed E-state index contributed by atoms with van der Waals surface area (Å²) >= 11 is 0. The first-order valence-corrected chi connectivity index (χ1v) is 8.75. The molecule has 1 aliphatic carbocycles. The highest BCUT2D eigenvalue weighted by Gasteiger charge is 2.29. The van der Waals surface area contributed by atoms with Gasteiger partial charge in [0.25, 0.3) is 0 Å². The van der Waals surface area contributed by atoms with Crippen LogP contribution in [0.1, 0.15) is 35.5 Å². The summed E-state index contributed by atoms with van der Waals surface area (Å²) in [5.41, 5.74) is 3.80. The summed E-state index contributed by atoms with van der Waals surface area (Å²) in [7, 11) is 1.80. The van der Waals surface area contributed by atoms with Crippen molar-refractivity contribution in [2.45, 2.75) is 26.7 Å². The van der Waals surface area contributed by atoms with Gasteiger partial charge in [-0.1, -0.05) is 12.2 Å². The molecule has 8 heteroatoms. The van der Waals surface area contributed by atoms with Gasteiger partial charge < -0.3 is 10.1 Å². The van der Waals surface area contributed by atoms with Crippen LogP contribution in [0.2, 0.25) is 0 Å². The number of rotatable bonds is 6. The van der Waals surface area contributed by atoms with E-state index in [4.69, 9.17) is 4.74 Å². The van der Waals surface area contributed by atoms with Crippen molar-refractivity contribution in [2.24, 2.45) is 12.0 Å². The Bertz CT molecular complexity index is 942. The van der Waals surface area contributed by atoms with Gasteiger partial charge in [-0.15, -0.1) is 0 Å². The Kier molecular flexibility index (Phi) is 5.44. The van der Waals surface area contributed by atoms with Crippen LogP contribution >= 0.6 is 0 Å². The number of carbonyl (C=O) groups is 1. The van der Waals surface area contributed by atoms with Crippen LogP contribution in [0.4, 0.5) is 5.95 Å². The number of nitrogens with one attached hydrogen (secondary N) is 1. The molecule has 0 spiro atoms. The number of fused-ring (bicyclic) bond motifs is 3. The van der Waals surface area contributed by atoms with Crippen LogP contribution in [-0.4, -0.2) is 39.0 Å². The number of aromatic nitrogens is 4. The van der Waals surface area contributed by atoms with Crippen LogP contribution in [-0.2, 0) is 24.6 Å². The number of carbonyl (C=O) groups excluding carboxylic acids is 1. The second-order valence-electron chi connectivity index (χ2n) is 5.95. The van der Waals surface area contributed by atoms with Crippen molar-refractivity contribution in [3.8, 4) is 11.4 Å². The van der Waals surface area contributed by atoms with Crippen molar-refractivity contribution < 1.29 is 9.53 Å². The van der Waals surface area contributed by atoms with E-state index >= 15 is 0 Å². The lowest BCUT2D eigenvalue weighted by Gasteiger charge is -2.17. The fraction of sp³-hybridized carbons (Fsp3) is 0.316. The van der Waals surface area contributed by atoms with E-state index in [1.165, 1.54) is 0 Å². The molecular formula is C19H22N6O2. The van der Waals surface area contributed by atoms with Gasteiger partial charge in [-0.2, -0.15) is 5.10 Å². The molecule has 2 aromatic heterocycles. The number of ether oxygens (including phenoxy) is 1. The molecule has 0 amide bonds. The van der Waals surface area contributed by atoms with Crippen molar-refractivity contribution >= 4 is 18.6 Å². The predicted octanol–water partition coefficient (Wildman–Crippen LogP) is 2.68. The van der Waals surface area contributed by atoms with Gasteiger partial charge in [0, 0.05) is 18.8 Å². The van der Waals surface area contributed by atoms with E-state index in [0.29, 0.717) is 30.5 Å². The molecule has 1 aliphatic rings. The molecule has 0 aromatic carbocycles. The summed E-state index contributed by atoms with van der Waals surface area (Å²) < 4.78 is 6.81. The molecule has 0 saturated heterocycles. The Labute approximate surface area is 157 Å². The molecule has 27 heavy (non-hydrogen) atoms. The number of hydrogen-bond acceptors (Lipinski definition) is 7. The Morgan fingerprint density at radius 1 is 1.48 bits per heavy atom. The number of nitrogens with zero attached hydrogens (tertiary/aromatic N) is 5. The molecule has 0 saturated carbocycles. The molecule has 1 N–H and O–H groups in total. The zero-order valence-corrected chi connectivity index (χ0v) is 15.7.